The van der Waals surface area contributed by atoms with Crippen LogP contribution in [0.5, 0.6) is 0 Å². The summed E-state index contributed by atoms with van der Waals surface area (Å²) in [6, 6.07) is 3.90. The van der Waals surface area contributed by atoms with Gasteiger partial charge in [0.25, 0.3) is 0 Å². The molecule has 1 spiro atoms. The first-order valence-corrected chi connectivity index (χ1v) is 16.3. The van der Waals surface area contributed by atoms with Crippen molar-refractivity contribution >= 4 is 28.3 Å². The van der Waals surface area contributed by atoms with Gasteiger partial charge in [-0.15, -0.1) is 0 Å². The van der Waals surface area contributed by atoms with E-state index in [1.807, 2.05) is 26.0 Å². The summed E-state index contributed by atoms with van der Waals surface area (Å²) in [6.45, 7) is 11.5. The van der Waals surface area contributed by atoms with E-state index in [-0.39, 0.29) is 5.54 Å². The molecule has 43 heavy (non-hydrogen) atoms. The second kappa shape index (κ2) is 12.6. The number of nitrogens with zero attached hydrogens (tertiary/aromatic N) is 4. The molecule has 0 radical (unpaired) electrons. The van der Waals surface area contributed by atoms with Crippen LogP contribution >= 0.6 is 11.6 Å². The SMILES string of the molecule is C=C1CCc2c(Cl)cc(C)cc2-c2ncc3c(nc(CC)nc3c2F)N2CCCC(CCN1)C2.FC1CNC2(CCC2)C1. The number of hydrogen-bond donors (Lipinski definition) is 2. The van der Waals surface area contributed by atoms with Gasteiger partial charge in [0.15, 0.2) is 5.82 Å². The topological polar surface area (TPSA) is 66.0 Å². The lowest BCUT2D eigenvalue weighted by atomic mass is 9.76. The fourth-order valence-electron chi connectivity index (χ4n) is 7.10. The van der Waals surface area contributed by atoms with E-state index < -0.39 is 12.0 Å². The molecule has 6 bridgehead atoms. The Morgan fingerprint density at radius 2 is 2.00 bits per heavy atom. The van der Waals surface area contributed by atoms with Crippen molar-refractivity contribution < 1.29 is 8.78 Å². The lowest BCUT2D eigenvalue weighted by Crippen LogP contribution is -2.45. The Kier molecular flexibility index (Phi) is 8.88. The van der Waals surface area contributed by atoms with Gasteiger partial charge >= 0.3 is 0 Å². The van der Waals surface area contributed by atoms with Crippen LogP contribution in [0.15, 0.2) is 30.6 Å². The van der Waals surface area contributed by atoms with Crippen LogP contribution < -0.4 is 15.5 Å². The maximum atomic E-state index is 16.2. The molecule has 230 valence electrons. The first-order valence-electron chi connectivity index (χ1n) is 16.0. The fourth-order valence-corrected chi connectivity index (χ4v) is 7.47. The predicted octanol–water partition coefficient (Wildman–Crippen LogP) is 7.25. The van der Waals surface area contributed by atoms with Crippen LogP contribution in [0.3, 0.4) is 0 Å². The Labute approximate surface area is 258 Å². The molecule has 5 aliphatic rings. The molecule has 2 aromatic heterocycles. The molecule has 3 fully saturated rings. The zero-order chi connectivity index (χ0) is 30.1. The average Bonchev–Trinajstić information content (AvgIpc) is 3.39. The molecule has 1 aromatic carbocycles. The van der Waals surface area contributed by atoms with Crippen LogP contribution in [0.4, 0.5) is 14.6 Å². The van der Waals surface area contributed by atoms with Crippen molar-refractivity contribution in [3.63, 3.8) is 0 Å². The third-order valence-electron chi connectivity index (χ3n) is 9.67. The number of anilines is 1. The standard InChI is InChI=1S/C27H31ClFN5.C7H12FN/c1-4-23-32-26-21-14-31-25(24(26)29)20-12-16(2)13-22(28)19(20)8-7-17(3)30-10-9-18-6-5-11-34(15-18)27(21)33-23;8-6-4-7(9-5-6)2-1-3-7/h12-14,18,30H,3-11,15H2,1-2H3;6,9H,1-5H2. The number of hydrogen-bond acceptors (Lipinski definition) is 6. The summed E-state index contributed by atoms with van der Waals surface area (Å²) in [5.74, 6) is 1.60. The molecule has 2 saturated heterocycles. The quantitative estimate of drug-likeness (QED) is 0.303. The number of piperidine rings is 1. The van der Waals surface area contributed by atoms with Crippen molar-refractivity contribution in [3.8, 4) is 11.3 Å². The van der Waals surface area contributed by atoms with Crippen LogP contribution in [0.2, 0.25) is 5.02 Å². The minimum atomic E-state index is -0.565. The summed E-state index contributed by atoms with van der Waals surface area (Å²) in [7, 11) is 0. The number of alkyl halides is 1. The Bertz CT molecular complexity index is 1510. The van der Waals surface area contributed by atoms with Gasteiger partial charge in [0, 0.05) is 60.6 Å². The van der Waals surface area contributed by atoms with Crippen LogP contribution in [-0.4, -0.2) is 52.8 Å². The van der Waals surface area contributed by atoms with Gasteiger partial charge in [-0.3, -0.25) is 4.98 Å². The summed E-state index contributed by atoms with van der Waals surface area (Å²) < 4.78 is 28.7. The molecule has 2 atom stereocenters. The van der Waals surface area contributed by atoms with Crippen LogP contribution in [0, 0.1) is 18.7 Å². The van der Waals surface area contributed by atoms with Gasteiger partial charge in [0.2, 0.25) is 0 Å². The van der Waals surface area contributed by atoms with Gasteiger partial charge in [-0.1, -0.05) is 25.1 Å². The molecule has 6 nitrogen and oxygen atoms in total. The Hall–Kier alpha value is -2.84. The number of pyridine rings is 1. The summed E-state index contributed by atoms with van der Waals surface area (Å²) in [6.07, 6.45) is 11.0. The number of aromatic nitrogens is 3. The molecule has 2 unspecified atom stereocenters. The van der Waals surface area contributed by atoms with Crippen molar-refractivity contribution in [1.29, 1.82) is 0 Å². The molecule has 3 aromatic rings. The number of allylic oxidation sites excluding steroid dienone is 1. The van der Waals surface area contributed by atoms with E-state index in [2.05, 4.69) is 32.1 Å². The lowest BCUT2D eigenvalue weighted by molar-refractivity contribution is 0.202. The van der Waals surface area contributed by atoms with E-state index in [0.29, 0.717) is 52.7 Å². The number of rotatable bonds is 1. The molecule has 0 amide bonds. The Morgan fingerprint density at radius 1 is 1.16 bits per heavy atom. The molecule has 2 N–H and O–H groups in total. The molecular weight excluding hydrogens is 566 g/mol. The van der Waals surface area contributed by atoms with Crippen molar-refractivity contribution in [3.05, 3.63) is 58.4 Å². The molecule has 9 heteroatoms. The van der Waals surface area contributed by atoms with Gasteiger partial charge in [-0.25, -0.2) is 18.7 Å². The highest BCUT2D eigenvalue weighted by molar-refractivity contribution is 6.31. The molecule has 6 heterocycles. The first-order chi connectivity index (χ1) is 20.7. The fraction of sp³-hybridized carbons (Fsp3) is 0.559. The van der Waals surface area contributed by atoms with E-state index in [9.17, 15) is 4.39 Å². The van der Waals surface area contributed by atoms with E-state index in [1.165, 1.54) is 25.7 Å². The van der Waals surface area contributed by atoms with Gasteiger partial charge < -0.3 is 15.5 Å². The Balaban J connectivity index is 0.000000310. The molecule has 4 aliphatic heterocycles. The largest absolute Gasteiger partial charge is 0.389 e. The van der Waals surface area contributed by atoms with Gasteiger partial charge in [-0.05, 0) is 93.9 Å². The van der Waals surface area contributed by atoms with E-state index in [4.69, 9.17) is 16.6 Å². The van der Waals surface area contributed by atoms with Crippen molar-refractivity contribution in [2.45, 2.75) is 89.8 Å². The summed E-state index contributed by atoms with van der Waals surface area (Å²) >= 11 is 6.68. The summed E-state index contributed by atoms with van der Waals surface area (Å²) in [5.41, 5.74) is 4.46. The van der Waals surface area contributed by atoms with Crippen LogP contribution in [0.1, 0.15) is 75.2 Å². The van der Waals surface area contributed by atoms with E-state index in [0.717, 1.165) is 73.5 Å². The van der Waals surface area contributed by atoms with Crippen molar-refractivity contribution in [2.24, 2.45) is 5.92 Å². The maximum absolute atomic E-state index is 16.2. The highest BCUT2D eigenvalue weighted by Gasteiger charge is 2.43. The van der Waals surface area contributed by atoms with Crippen molar-refractivity contribution in [1.82, 2.24) is 25.6 Å². The average molecular weight is 609 g/mol. The minimum absolute atomic E-state index is 0.263. The molecule has 1 saturated carbocycles. The van der Waals surface area contributed by atoms with Gasteiger partial charge in [0.05, 0.1) is 5.39 Å². The second-order valence-electron chi connectivity index (χ2n) is 12.9. The predicted molar refractivity (Wildman–Crippen MR) is 171 cm³/mol. The second-order valence-corrected chi connectivity index (χ2v) is 13.3. The monoisotopic (exact) mass is 608 g/mol. The van der Waals surface area contributed by atoms with Gasteiger partial charge in [0.1, 0.15) is 29.0 Å². The Morgan fingerprint density at radius 3 is 2.70 bits per heavy atom. The third kappa shape index (κ3) is 6.37. The first kappa shape index (κ1) is 30.2. The number of benzene rings is 1. The molecular formula is C34H43ClF2N6. The highest BCUT2D eigenvalue weighted by atomic mass is 35.5. The van der Waals surface area contributed by atoms with E-state index >= 15 is 4.39 Å². The summed E-state index contributed by atoms with van der Waals surface area (Å²) in [4.78, 5) is 16.4. The maximum Gasteiger partial charge on any atom is 0.175 e. The van der Waals surface area contributed by atoms with Crippen LogP contribution in [0.25, 0.3) is 22.2 Å². The van der Waals surface area contributed by atoms with Crippen molar-refractivity contribution in [2.75, 3.05) is 31.1 Å². The van der Waals surface area contributed by atoms with Gasteiger partial charge in [-0.2, -0.15) is 0 Å². The molecule has 8 rings (SSSR count). The smallest absolute Gasteiger partial charge is 0.175 e. The number of halogens is 3. The normalized spacial score (nSPS) is 23.1. The lowest BCUT2D eigenvalue weighted by Gasteiger charge is -2.38. The third-order valence-corrected chi connectivity index (χ3v) is 10.0. The summed E-state index contributed by atoms with van der Waals surface area (Å²) in [5, 5.41) is 8.05. The molecule has 1 aliphatic carbocycles. The number of fused-ring (bicyclic) bond motifs is 6. The van der Waals surface area contributed by atoms with E-state index in [1.54, 1.807) is 6.20 Å². The number of nitrogens with one attached hydrogen (secondary N) is 2. The number of aryl methyl sites for hydroxylation is 2. The highest BCUT2D eigenvalue weighted by Crippen LogP contribution is 2.40. The zero-order valence-electron chi connectivity index (χ0n) is 25.4. The minimum Gasteiger partial charge on any atom is -0.389 e. The van der Waals surface area contributed by atoms with Crippen LogP contribution in [-0.2, 0) is 12.8 Å². The zero-order valence-corrected chi connectivity index (χ0v) is 26.2.